The molecule has 332 valence electrons. The Morgan fingerprint density at radius 1 is 0.951 bits per heavy atom. The molecule has 1 saturated heterocycles. The van der Waals surface area contributed by atoms with E-state index in [0.717, 1.165) is 6.92 Å². The second-order valence-electron chi connectivity index (χ2n) is 17.8. The summed E-state index contributed by atoms with van der Waals surface area (Å²) in [6, 6.07) is 13.1. The maximum Gasteiger partial charge on any atom is 0.427 e. The Labute approximate surface area is 349 Å². The number of hydrogen-bond acceptors (Lipinski definition) is 14. The first-order valence-electron chi connectivity index (χ1n) is 19.8. The van der Waals surface area contributed by atoms with Crippen molar-refractivity contribution in [2.45, 2.75) is 121 Å². The SMILES string of the molecule is CC(=O)O[C@@]12CO[C@@H]1C[C@H](O)[C@@]1(C)C(=O)C(=O)C3C(C)[C@@H](OC(=O)[C@H](O)[C@@H](NC(=O)OC(C)(C)C(F)(F)F)c4ccccc4)C[C@@](O)([C@@H](OC(=O)c4ccccc4)[C@H]21)C3(C)C. The molecule has 61 heavy (non-hydrogen) atoms. The molecule has 4 N–H and O–H groups in total. The number of amides is 1. The van der Waals surface area contributed by atoms with E-state index in [9.17, 15) is 57.3 Å². The number of aliphatic hydroxyl groups is 3. The summed E-state index contributed by atoms with van der Waals surface area (Å²) in [5.74, 6) is -9.79. The Balaban J connectivity index is 1.44. The van der Waals surface area contributed by atoms with Gasteiger partial charge in [0.15, 0.2) is 11.7 Å². The summed E-state index contributed by atoms with van der Waals surface area (Å²) in [5, 5.41) is 38.8. The van der Waals surface area contributed by atoms with E-state index in [0.29, 0.717) is 13.8 Å². The fourth-order valence-electron chi connectivity index (χ4n) is 9.88. The van der Waals surface area contributed by atoms with Crippen LogP contribution in [0, 0.1) is 28.6 Å². The first kappa shape index (κ1) is 45.6. The van der Waals surface area contributed by atoms with Crippen LogP contribution in [0.15, 0.2) is 60.7 Å². The van der Waals surface area contributed by atoms with E-state index in [-0.39, 0.29) is 24.2 Å². The topological polar surface area (TPSA) is 221 Å². The minimum absolute atomic E-state index is 0.0119. The molecule has 0 spiro atoms. The van der Waals surface area contributed by atoms with Gasteiger partial charge in [-0.05, 0) is 38.5 Å². The number of hydrogen-bond donors (Lipinski definition) is 4. The molecule has 3 saturated carbocycles. The summed E-state index contributed by atoms with van der Waals surface area (Å²) < 4.78 is 69.3. The third-order valence-electron chi connectivity index (χ3n) is 13.5. The summed E-state index contributed by atoms with van der Waals surface area (Å²) in [6.07, 6.45) is -16.1. The first-order chi connectivity index (χ1) is 28.2. The predicted octanol–water partition coefficient (Wildman–Crippen LogP) is 3.95. The monoisotopic (exact) mass is 861 g/mol. The van der Waals surface area contributed by atoms with E-state index >= 15 is 0 Å². The van der Waals surface area contributed by atoms with Crippen molar-refractivity contribution in [3.63, 3.8) is 0 Å². The molecule has 15 nitrogen and oxygen atoms in total. The van der Waals surface area contributed by atoms with Gasteiger partial charge in [0.25, 0.3) is 0 Å². The van der Waals surface area contributed by atoms with E-state index in [1.807, 2.05) is 0 Å². The zero-order valence-electron chi connectivity index (χ0n) is 34.6. The molecule has 4 aliphatic rings. The van der Waals surface area contributed by atoms with Gasteiger partial charge in [0.2, 0.25) is 17.2 Å². The number of halogens is 3. The molecular formula is C43H50F3NO14. The molecule has 2 aromatic rings. The molecule has 6 rings (SSSR count). The lowest BCUT2D eigenvalue weighted by Gasteiger charge is -2.67. The number of rotatable bonds is 9. The minimum atomic E-state index is -4.99. The number of alkyl halides is 3. The largest absolute Gasteiger partial charge is 0.460 e. The van der Waals surface area contributed by atoms with Crippen molar-refractivity contribution in [1.82, 2.24) is 5.32 Å². The number of fused-ring (bicyclic) bond motifs is 5. The van der Waals surface area contributed by atoms with Gasteiger partial charge < -0.3 is 44.3 Å². The van der Waals surface area contributed by atoms with Crippen LogP contribution in [0.3, 0.4) is 0 Å². The number of alkyl carbamates (subject to hydrolysis) is 1. The zero-order valence-corrected chi connectivity index (χ0v) is 34.6. The Morgan fingerprint density at radius 2 is 1.54 bits per heavy atom. The molecular weight excluding hydrogens is 811 g/mol. The van der Waals surface area contributed by atoms with E-state index in [4.69, 9.17) is 18.9 Å². The molecule has 0 aromatic heterocycles. The predicted molar refractivity (Wildman–Crippen MR) is 203 cm³/mol. The number of esters is 3. The number of nitrogens with one attached hydrogen (secondary N) is 1. The number of carbonyl (C=O) groups is 6. The second-order valence-corrected chi connectivity index (χ2v) is 17.8. The lowest BCUT2D eigenvalue weighted by molar-refractivity contribution is -0.350. The summed E-state index contributed by atoms with van der Waals surface area (Å²) in [4.78, 5) is 83.5. The number of carbonyl (C=O) groups excluding carboxylic acids is 6. The van der Waals surface area contributed by atoms with Crippen LogP contribution >= 0.6 is 0 Å². The van der Waals surface area contributed by atoms with Crippen molar-refractivity contribution in [3.8, 4) is 0 Å². The zero-order chi connectivity index (χ0) is 45.2. The molecule has 1 heterocycles. The van der Waals surface area contributed by atoms with Crippen LogP contribution in [0.2, 0.25) is 0 Å². The van der Waals surface area contributed by atoms with Crippen molar-refractivity contribution in [3.05, 3.63) is 71.8 Å². The molecule has 1 amide bonds. The Morgan fingerprint density at radius 3 is 2.08 bits per heavy atom. The minimum Gasteiger partial charge on any atom is -0.460 e. The number of aliphatic hydroxyl groups excluding tert-OH is 2. The normalized spacial score (nSPS) is 34.1. The molecule has 12 atom stereocenters. The van der Waals surface area contributed by atoms with Gasteiger partial charge in [0.05, 0.1) is 35.6 Å². The highest BCUT2D eigenvalue weighted by Crippen LogP contribution is 2.64. The van der Waals surface area contributed by atoms with Crippen LogP contribution in [-0.2, 0) is 42.9 Å². The van der Waals surface area contributed by atoms with Crippen molar-refractivity contribution in [2.75, 3.05) is 6.61 Å². The van der Waals surface area contributed by atoms with Gasteiger partial charge in [0, 0.05) is 37.0 Å². The van der Waals surface area contributed by atoms with E-state index < -0.39 is 130 Å². The average Bonchev–Trinajstić information content (AvgIpc) is 3.18. The number of ether oxygens (including phenoxy) is 5. The number of benzene rings is 2. The van der Waals surface area contributed by atoms with Crippen LogP contribution < -0.4 is 5.32 Å². The van der Waals surface area contributed by atoms with Crippen molar-refractivity contribution in [2.24, 2.45) is 28.6 Å². The molecule has 2 bridgehead atoms. The lowest BCUT2D eigenvalue weighted by Crippen LogP contribution is -2.82. The highest BCUT2D eigenvalue weighted by Gasteiger charge is 2.79. The van der Waals surface area contributed by atoms with E-state index in [1.165, 1.54) is 64.1 Å². The standard InChI is InChI=1S/C43H50F3NO14/c1-21-25(58-36(54)31(51)29(23-14-10-8-11-15-23)47-37(55)61-39(5,6)43(44,45)46)19-42(56)34(59-35(53)24-16-12-9-13-17-24)32-40(7,33(52)30(50)28(21)38(42,3)4)26(49)18-27-41(32,20-57-27)60-22(2)48/h8-17,21,25-29,31-32,34,49,51,56H,18-20H2,1-7H3,(H,47,55)/t21?,25-,26-,27+,28?,29-,31+,32-,34-,40+,41-,42+/m0/s1. The van der Waals surface area contributed by atoms with E-state index in [2.05, 4.69) is 10.1 Å². The maximum atomic E-state index is 14.9. The van der Waals surface area contributed by atoms with Gasteiger partial charge in [0.1, 0.15) is 23.9 Å². The maximum absolute atomic E-state index is 14.9. The van der Waals surface area contributed by atoms with Gasteiger partial charge in [-0.15, -0.1) is 0 Å². The van der Waals surface area contributed by atoms with Crippen LogP contribution in [-0.4, -0.2) is 111 Å². The van der Waals surface area contributed by atoms with Gasteiger partial charge >= 0.3 is 30.2 Å². The molecule has 18 heteroatoms. The fourth-order valence-corrected chi connectivity index (χ4v) is 9.88. The quantitative estimate of drug-likeness (QED) is 0.159. The van der Waals surface area contributed by atoms with E-state index in [1.54, 1.807) is 24.3 Å². The molecule has 0 radical (unpaired) electrons. The van der Waals surface area contributed by atoms with Crippen molar-refractivity contribution >= 4 is 35.6 Å². The third kappa shape index (κ3) is 7.48. The molecule has 2 aromatic carbocycles. The highest BCUT2D eigenvalue weighted by atomic mass is 19.4. The summed E-state index contributed by atoms with van der Waals surface area (Å²) >= 11 is 0. The average molecular weight is 862 g/mol. The molecule has 1 aliphatic heterocycles. The smallest absolute Gasteiger partial charge is 0.427 e. The van der Waals surface area contributed by atoms with Gasteiger partial charge in [-0.2, -0.15) is 13.2 Å². The number of ketones is 2. The number of Topliss-reactive ketones (excluding diaryl/α,β-unsaturated/α-hetero) is 2. The van der Waals surface area contributed by atoms with Crippen LogP contribution in [0.4, 0.5) is 18.0 Å². The first-order valence-corrected chi connectivity index (χ1v) is 19.8. The van der Waals surface area contributed by atoms with Gasteiger partial charge in [-0.3, -0.25) is 14.4 Å². The molecule has 4 fully saturated rings. The molecule has 3 aliphatic carbocycles. The Hall–Kier alpha value is -4.91. The van der Waals surface area contributed by atoms with Gasteiger partial charge in [-0.25, -0.2) is 14.4 Å². The van der Waals surface area contributed by atoms with Crippen molar-refractivity contribution in [1.29, 1.82) is 0 Å². The summed E-state index contributed by atoms with van der Waals surface area (Å²) in [7, 11) is 0. The van der Waals surface area contributed by atoms with Crippen LogP contribution in [0.5, 0.6) is 0 Å². The Kier molecular flexibility index (Phi) is 11.8. The fraction of sp³-hybridized carbons (Fsp3) is 0.581. The summed E-state index contributed by atoms with van der Waals surface area (Å²) in [6.45, 7) is 7.62. The lowest BCUT2D eigenvalue weighted by atomic mass is 9.42. The summed E-state index contributed by atoms with van der Waals surface area (Å²) in [5.41, 5.74) is -11.1. The Bertz CT molecular complexity index is 2060. The van der Waals surface area contributed by atoms with Crippen LogP contribution in [0.25, 0.3) is 0 Å². The second kappa shape index (κ2) is 15.8. The van der Waals surface area contributed by atoms with Crippen LogP contribution in [0.1, 0.15) is 83.3 Å². The van der Waals surface area contributed by atoms with Crippen molar-refractivity contribution < 1.29 is 80.9 Å². The molecule has 2 unspecified atom stereocenters. The highest BCUT2D eigenvalue weighted by molar-refractivity contribution is 6.40. The van der Waals surface area contributed by atoms with Gasteiger partial charge in [-0.1, -0.05) is 69.3 Å². The third-order valence-corrected chi connectivity index (χ3v) is 13.5.